The van der Waals surface area contributed by atoms with Crippen LogP contribution < -0.4 is 5.73 Å². The minimum absolute atomic E-state index is 0.286. The molecule has 5 nitrogen and oxygen atoms in total. The highest BCUT2D eigenvalue weighted by Gasteiger charge is 2.16. The molecule has 0 aliphatic heterocycles. The van der Waals surface area contributed by atoms with Crippen molar-refractivity contribution in [2.24, 2.45) is 5.73 Å². The van der Waals surface area contributed by atoms with Gasteiger partial charge in [-0.25, -0.2) is 4.79 Å². The van der Waals surface area contributed by atoms with Crippen LogP contribution in [0.2, 0.25) is 0 Å². The third kappa shape index (κ3) is 1.70. The minimum atomic E-state index is -0.932. The van der Waals surface area contributed by atoms with Crippen LogP contribution in [0, 0.1) is 13.8 Å². The van der Waals surface area contributed by atoms with Crippen LogP contribution in [0.4, 0.5) is 0 Å². The molecule has 0 saturated heterocycles. The average Bonchev–Trinajstić information content (AvgIpc) is 2.28. The van der Waals surface area contributed by atoms with Crippen LogP contribution in [0.5, 0.6) is 0 Å². The third-order valence-electron chi connectivity index (χ3n) is 1.94. The van der Waals surface area contributed by atoms with Crippen LogP contribution in [0.25, 0.3) is 0 Å². The largest absolute Gasteiger partial charge is 0.478 e. The van der Waals surface area contributed by atoms with Gasteiger partial charge in [0.1, 0.15) is 5.56 Å². The maximum atomic E-state index is 10.8. The maximum absolute atomic E-state index is 10.8. The zero-order valence-electron chi connectivity index (χ0n) is 7.74. The SMILES string of the molecule is Cc1nn(CCN)c(C)c1C(=O)O. The van der Waals surface area contributed by atoms with Crippen molar-refractivity contribution in [1.29, 1.82) is 0 Å². The number of carboxylic acid groups (broad SMARTS) is 1. The lowest BCUT2D eigenvalue weighted by atomic mass is 10.2. The maximum Gasteiger partial charge on any atom is 0.339 e. The molecule has 0 fully saturated rings. The number of hydrogen-bond acceptors (Lipinski definition) is 3. The molecule has 0 spiro atoms. The Bertz CT molecular complexity index is 330. The van der Waals surface area contributed by atoms with Gasteiger partial charge in [0.05, 0.1) is 17.9 Å². The summed E-state index contributed by atoms with van der Waals surface area (Å²) < 4.78 is 1.62. The zero-order valence-corrected chi connectivity index (χ0v) is 7.74. The number of aryl methyl sites for hydroxylation is 1. The molecule has 1 aromatic heterocycles. The lowest BCUT2D eigenvalue weighted by Crippen LogP contribution is -2.12. The second-order valence-corrected chi connectivity index (χ2v) is 2.86. The molecule has 13 heavy (non-hydrogen) atoms. The summed E-state index contributed by atoms with van der Waals surface area (Å²) in [4.78, 5) is 10.8. The van der Waals surface area contributed by atoms with E-state index in [-0.39, 0.29) is 5.56 Å². The Kier molecular flexibility index (Phi) is 2.67. The minimum Gasteiger partial charge on any atom is -0.478 e. The van der Waals surface area contributed by atoms with E-state index < -0.39 is 5.97 Å². The number of nitrogens with two attached hydrogens (primary N) is 1. The first kappa shape index (κ1) is 9.73. The standard InChI is InChI=1S/C8H13N3O2/c1-5-7(8(12)13)6(2)11(10-5)4-3-9/h3-4,9H2,1-2H3,(H,12,13). The number of nitrogens with zero attached hydrogens (tertiary/aromatic N) is 2. The Labute approximate surface area is 76.2 Å². The topological polar surface area (TPSA) is 81.1 Å². The van der Waals surface area contributed by atoms with E-state index in [0.29, 0.717) is 24.5 Å². The molecule has 5 heteroatoms. The van der Waals surface area contributed by atoms with E-state index in [1.165, 1.54) is 0 Å². The first-order valence-corrected chi connectivity index (χ1v) is 4.05. The van der Waals surface area contributed by atoms with Gasteiger partial charge in [-0.2, -0.15) is 5.10 Å². The van der Waals surface area contributed by atoms with Crippen LogP contribution in [0.3, 0.4) is 0 Å². The van der Waals surface area contributed by atoms with Gasteiger partial charge in [-0.1, -0.05) is 0 Å². The molecular weight excluding hydrogens is 170 g/mol. The van der Waals surface area contributed by atoms with Gasteiger partial charge in [-0.15, -0.1) is 0 Å². The Balaban J connectivity index is 3.14. The van der Waals surface area contributed by atoms with Crippen LogP contribution in [-0.2, 0) is 6.54 Å². The Hall–Kier alpha value is -1.36. The van der Waals surface area contributed by atoms with Crippen molar-refractivity contribution in [3.8, 4) is 0 Å². The summed E-state index contributed by atoms with van der Waals surface area (Å²) in [5.41, 5.74) is 6.84. The van der Waals surface area contributed by atoms with Gasteiger partial charge >= 0.3 is 5.97 Å². The van der Waals surface area contributed by atoms with E-state index >= 15 is 0 Å². The predicted octanol–water partition coefficient (Wildman–Crippen LogP) is 0.157. The highest BCUT2D eigenvalue weighted by molar-refractivity contribution is 5.90. The van der Waals surface area contributed by atoms with Gasteiger partial charge in [0, 0.05) is 6.54 Å². The van der Waals surface area contributed by atoms with Crippen LogP contribution >= 0.6 is 0 Å². The van der Waals surface area contributed by atoms with Gasteiger partial charge in [0.2, 0.25) is 0 Å². The molecule has 3 N–H and O–H groups in total. The van der Waals surface area contributed by atoms with Crippen molar-refractivity contribution in [1.82, 2.24) is 9.78 Å². The Morgan fingerprint density at radius 3 is 2.62 bits per heavy atom. The fourth-order valence-corrected chi connectivity index (χ4v) is 1.35. The molecule has 0 aliphatic carbocycles. The molecule has 1 rings (SSSR count). The smallest absolute Gasteiger partial charge is 0.339 e. The molecule has 0 radical (unpaired) electrons. The van der Waals surface area contributed by atoms with Crippen LogP contribution in [-0.4, -0.2) is 27.4 Å². The lowest BCUT2D eigenvalue weighted by Gasteiger charge is -2.00. The van der Waals surface area contributed by atoms with Gasteiger partial charge < -0.3 is 10.8 Å². The first-order valence-electron chi connectivity index (χ1n) is 4.05. The van der Waals surface area contributed by atoms with E-state index in [4.69, 9.17) is 10.8 Å². The van der Waals surface area contributed by atoms with Crippen LogP contribution in [0.15, 0.2) is 0 Å². The monoisotopic (exact) mass is 183 g/mol. The lowest BCUT2D eigenvalue weighted by molar-refractivity contribution is 0.0695. The van der Waals surface area contributed by atoms with Crippen molar-refractivity contribution >= 4 is 5.97 Å². The first-order chi connectivity index (χ1) is 6.07. The summed E-state index contributed by atoms with van der Waals surface area (Å²) in [5, 5.41) is 12.9. The van der Waals surface area contributed by atoms with E-state index in [2.05, 4.69) is 5.10 Å². The van der Waals surface area contributed by atoms with Gasteiger partial charge in [-0.05, 0) is 13.8 Å². The van der Waals surface area contributed by atoms with E-state index in [1.54, 1.807) is 18.5 Å². The molecule has 72 valence electrons. The molecule has 0 aliphatic rings. The molecule has 1 heterocycles. The van der Waals surface area contributed by atoms with E-state index in [1.807, 2.05) is 0 Å². The summed E-state index contributed by atoms with van der Waals surface area (Å²) in [6.07, 6.45) is 0. The van der Waals surface area contributed by atoms with Gasteiger partial charge in [-0.3, -0.25) is 4.68 Å². The summed E-state index contributed by atoms with van der Waals surface area (Å²) in [6.45, 7) is 4.43. The third-order valence-corrected chi connectivity index (χ3v) is 1.94. The van der Waals surface area contributed by atoms with E-state index in [9.17, 15) is 4.79 Å². The number of aromatic carboxylic acids is 1. The summed E-state index contributed by atoms with van der Waals surface area (Å²) in [7, 11) is 0. The quantitative estimate of drug-likeness (QED) is 0.699. The Morgan fingerprint density at radius 2 is 2.23 bits per heavy atom. The molecule has 0 amide bonds. The summed E-state index contributed by atoms with van der Waals surface area (Å²) in [6, 6.07) is 0. The molecule has 1 aromatic rings. The number of rotatable bonds is 3. The second-order valence-electron chi connectivity index (χ2n) is 2.86. The molecule has 0 bridgehead atoms. The van der Waals surface area contributed by atoms with Gasteiger partial charge in [0.15, 0.2) is 0 Å². The normalized spacial score (nSPS) is 10.4. The summed E-state index contributed by atoms with van der Waals surface area (Å²) in [5.74, 6) is -0.932. The highest BCUT2D eigenvalue weighted by Crippen LogP contribution is 2.12. The number of hydrogen-bond donors (Lipinski definition) is 2. The second kappa shape index (κ2) is 3.57. The summed E-state index contributed by atoms with van der Waals surface area (Å²) >= 11 is 0. The van der Waals surface area contributed by atoms with Crippen molar-refractivity contribution in [2.75, 3.05) is 6.54 Å². The van der Waals surface area contributed by atoms with Crippen LogP contribution in [0.1, 0.15) is 21.7 Å². The van der Waals surface area contributed by atoms with E-state index in [0.717, 1.165) is 0 Å². The number of carbonyl (C=O) groups is 1. The van der Waals surface area contributed by atoms with Crippen molar-refractivity contribution in [3.05, 3.63) is 17.0 Å². The molecule has 0 unspecified atom stereocenters. The highest BCUT2D eigenvalue weighted by atomic mass is 16.4. The molecule has 0 saturated carbocycles. The molecular formula is C8H13N3O2. The fraction of sp³-hybridized carbons (Fsp3) is 0.500. The average molecular weight is 183 g/mol. The van der Waals surface area contributed by atoms with Crippen molar-refractivity contribution < 1.29 is 9.90 Å². The van der Waals surface area contributed by atoms with Crippen molar-refractivity contribution in [2.45, 2.75) is 20.4 Å². The number of aromatic nitrogens is 2. The predicted molar refractivity (Wildman–Crippen MR) is 47.7 cm³/mol. The van der Waals surface area contributed by atoms with Crippen molar-refractivity contribution in [3.63, 3.8) is 0 Å². The molecule has 0 atom stereocenters. The fourth-order valence-electron chi connectivity index (χ4n) is 1.35. The number of carboxylic acids is 1. The van der Waals surface area contributed by atoms with Gasteiger partial charge in [0.25, 0.3) is 0 Å². The zero-order chi connectivity index (χ0) is 10.0. The molecule has 0 aromatic carbocycles. The Morgan fingerprint density at radius 1 is 1.62 bits per heavy atom.